The van der Waals surface area contributed by atoms with Gasteiger partial charge in [-0.1, -0.05) is 24.3 Å². The third-order valence-corrected chi connectivity index (χ3v) is 4.85. The van der Waals surface area contributed by atoms with E-state index in [2.05, 4.69) is 0 Å². The second kappa shape index (κ2) is 10.1. The number of likely N-dealkylation sites (N-methyl/N-ethyl adjacent to an activating group) is 1. The Morgan fingerprint density at radius 2 is 1.52 bits per heavy atom. The normalized spacial score (nSPS) is 14.6. The van der Waals surface area contributed by atoms with Crippen molar-refractivity contribution in [3.63, 3.8) is 0 Å². The van der Waals surface area contributed by atoms with Crippen molar-refractivity contribution in [2.45, 2.75) is 6.61 Å². The summed E-state index contributed by atoms with van der Waals surface area (Å²) in [6, 6.07) is 21.6. The third-order valence-electron chi connectivity index (χ3n) is 4.85. The Kier molecular flexibility index (Phi) is 6.80. The smallest absolute Gasteiger partial charge is 0.494 e. The number of rotatable bonds is 6. The molecule has 1 aliphatic heterocycles. The molecule has 1 saturated heterocycles. The van der Waals surface area contributed by atoms with Gasteiger partial charge in [0.25, 0.3) is 0 Å². The van der Waals surface area contributed by atoms with Crippen LogP contribution in [0.3, 0.4) is 0 Å². The van der Waals surface area contributed by atoms with Crippen molar-refractivity contribution in [1.82, 2.24) is 4.90 Å². The van der Waals surface area contributed by atoms with Gasteiger partial charge in [-0.3, -0.25) is 14.5 Å². The lowest BCUT2D eigenvalue weighted by atomic mass is 9.78. The monoisotopic (exact) mass is 446 g/mol. The van der Waals surface area contributed by atoms with Crippen molar-refractivity contribution in [1.29, 1.82) is 0 Å². The summed E-state index contributed by atoms with van der Waals surface area (Å²) in [5.41, 5.74) is 7.86. The van der Waals surface area contributed by atoms with Crippen LogP contribution in [0.1, 0.15) is 5.56 Å². The van der Waals surface area contributed by atoms with Gasteiger partial charge in [0.05, 0.1) is 13.1 Å². The molecule has 8 nitrogen and oxygen atoms in total. The van der Waals surface area contributed by atoms with Gasteiger partial charge >= 0.3 is 19.1 Å². The maximum atomic E-state index is 11.9. The van der Waals surface area contributed by atoms with Crippen molar-refractivity contribution in [3.05, 3.63) is 78.4 Å². The van der Waals surface area contributed by atoms with E-state index in [0.717, 1.165) is 5.56 Å². The molecule has 0 bridgehead atoms. The fourth-order valence-electron chi connectivity index (χ4n) is 3.23. The summed E-state index contributed by atoms with van der Waals surface area (Å²) in [6.45, 7) is 0.375. The zero-order valence-corrected chi connectivity index (χ0v) is 18.1. The van der Waals surface area contributed by atoms with Gasteiger partial charge in [-0.25, -0.2) is 0 Å². The summed E-state index contributed by atoms with van der Waals surface area (Å²) >= 11 is 0. The van der Waals surface area contributed by atoms with Crippen LogP contribution in [0.4, 0.5) is 5.69 Å². The average Bonchev–Trinajstić information content (AvgIpc) is 2.78. The maximum Gasteiger partial charge on any atom is 0.636 e. The van der Waals surface area contributed by atoms with Crippen LogP contribution < -0.4 is 20.7 Å². The number of nitrogens with zero attached hydrogens (tertiary/aromatic N) is 1. The molecule has 0 saturated carbocycles. The van der Waals surface area contributed by atoms with Crippen molar-refractivity contribution >= 4 is 30.2 Å². The minimum absolute atomic E-state index is 0.0217. The second-order valence-electron chi connectivity index (χ2n) is 7.66. The highest BCUT2D eigenvalue weighted by Gasteiger charge is 2.33. The van der Waals surface area contributed by atoms with E-state index in [1.807, 2.05) is 36.4 Å². The van der Waals surface area contributed by atoms with E-state index in [1.54, 1.807) is 43.4 Å². The molecule has 4 rings (SSSR count). The van der Waals surface area contributed by atoms with Gasteiger partial charge in [0, 0.05) is 11.2 Å². The summed E-state index contributed by atoms with van der Waals surface area (Å²) in [5, 5.41) is 0. The number of carbonyl (C=O) groups is 2. The second-order valence-corrected chi connectivity index (χ2v) is 7.66. The van der Waals surface area contributed by atoms with Crippen molar-refractivity contribution in [2.24, 2.45) is 0 Å². The van der Waals surface area contributed by atoms with Gasteiger partial charge in [0.2, 0.25) is 0 Å². The van der Waals surface area contributed by atoms with E-state index in [9.17, 15) is 9.59 Å². The number of anilines is 1. The van der Waals surface area contributed by atoms with Crippen molar-refractivity contribution in [3.8, 4) is 17.2 Å². The van der Waals surface area contributed by atoms with Crippen LogP contribution >= 0.6 is 0 Å². The molecule has 0 aromatic heterocycles. The Morgan fingerprint density at radius 1 is 0.879 bits per heavy atom. The van der Waals surface area contributed by atoms with Gasteiger partial charge in [0.1, 0.15) is 23.9 Å². The Balaban J connectivity index is 1.36. The molecular weight excluding hydrogens is 423 g/mol. The van der Waals surface area contributed by atoms with Gasteiger partial charge in [-0.05, 0) is 61.1 Å². The predicted octanol–water partition coefficient (Wildman–Crippen LogP) is 2.37. The van der Waals surface area contributed by atoms with E-state index >= 15 is 0 Å². The number of nitrogen functional groups attached to an aromatic ring is 1. The number of hydrogen-bond donors (Lipinski definition) is 1. The van der Waals surface area contributed by atoms with E-state index < -0.39 is 19.1 Å². The minimum atomic E-state index is -1.07. The molecule has 1 heterocycles. The van der Waals surface area contributed by atoms with Crippen LogP contribution in [0.25, 0.3) is 0 Å². The van der Waals surface area contributed by atoms with Crippen LogP contribution in [0.15, 0.2) is 72.8 Å². The highest BCUT2D eigenvalue weighted by Crippen LogP contribution is 2.23. The topological polar surface area (TPSA) is 100 Å². The molecule has 33 heavy (non-hydrogen) atoms. The zero-order chi connectivity index (χ0) is 23.2. The molecule has 3 aromatic rings. The molecule has 0 atom stereocenters. The average molecular weight is 446 g/mol. The van der Waals surface area contributed by atoms with Gasteiger partial charge in [-0.15, -0.1) is 0 Å². The Morgan fingerprint density at radius 3 is 2.18 bits per heavy atom. The standard InChI is InChI=1S/C24H23BN2O6/c1-27-14-23(28)32-25(33-24(29)15-27)18-5-9-20(10-6-18)30-16-17-3-2-4-22(13-17)31-21-11-7-19(26)8-12-21/h2-13H,14-16,26H2,1H3. The first-order valence-electron chi connectivity index (χ1n) is 10.4. The summed E-state index contributed by atoms with van der Waals surface area (Å²) in [5.74, 6) is 1.08. The molecule has 0 unspecified atom stereocenters. The summed E-state index contributed by atoms with van der Waals surface area (Å²) in [7, 11) is 0.573. The fourth-order valence-corrected chi connectivity index (χ4v) is 3.23. The highest BCUT2D eigenvalue weighted by molar-refractivity contribution is 6.64. The van der Waals surface area contributed by atoms with E-state index in [4.69, 9.17) is 24.5 Å². The Hall–Kier alpha value is -3.98. The third kappa shape index (κ3) is 6.27. The molecule has 0 aliphatic carbocycles. The van der Waals surface area contributed by atoms with Crippen LogP contribution in [-0.4, -0.2) is 44.1 Å². The predicted molar refractivity (Wildman–Crippen MR) is 123 cm³/mol. The molecule has 1 fully saturated rings. The Labute approximate surface area is 191 Å². The molecule has 9 heteroatoms. The van der Waals surface area contributed by atoms with Crippen LogP contribution in [0.2, 0.25) is 0 Å². The molecule has 0 spiro atoms. The molecule has 0 radical (unpaired) electrons. The lowest BCUT2D eigenvalue weighted by Gasteiger charge is -2.22. The first kappa shape index (κ1) is 22.2. The highest BCUT2D eigenvalue weighted by atomic mass is 16.6. The van der Waals surface area contributed by atoms with Crippen molar-refractivity contribution < 1.29 is 28.4 Å². The van der Waals surface area contributed by atoms with Gasteiger partial charge in [-0.2, -0.15) is 0 Å². The van der Waals surface area contributed by atoms with Crippen LogP contribution in [-0.2, 0) is 25.5 Å². The van der Waals surface area contributed by atoms with Crippen LogP contribution in [0.5, 0.6) is 17.2 Å². The first-order chi connectivity index (χ1) is 15.9. The number of carbonyl (C=O) groups excluding carboxylic acids is 2. The van der Waals surface area contributed by atoms with Crippen molar-refractivity contribution in [2.75, 3.05) is 25.9 Å². The molecular formula is C24H23BN2O6. The lowest BCUT2D eigenvalue weighted by molar-refractivity contribution is -0.145. The maximum absolute atomic E-state index is 11.9. The molecule has 3 aromatic carbocycles. The molecule has 168 valence electrons. The minimum Gasteiger partial charge on any atom is -0.494 e. The number of nitrogens with two attached hydrogens (primary N) is 1. The largest absolute Gasteiger partial charge is 0.636 e. The van der Waals surface area contributed by atoms with Gasteiger partial charge in [0.15, 0.2) is 0 Å². The molecule has 1 aliphatic rings. The fraction of sp³-hybridized carbons (Fsp3) is 0.167. The quantitative estimate of drug-likeness (QED) is 0.455. The molecule has 2 N–H and O–H groups in total. The number of hydrogen-bond acceptors (Lipinski definition) is 8. The number of ether oxygens (including phenoxy) is 2. The van der Waals surface area contributed by atoms with E-state index in [0.29, 0.717) is 35.0 Å². The van der Waals surface area contributed by atoms with Crippen LogP contribution in [0, 0.1) is 0 Å². The van der Waals surface area contributed by atoms with Gasteiger partial charge < -0.3 is 24.5 Å². The lowest BCUT2D eigenvalue weighted by Crippen LogP contribution is -2.47. The SMILES string of the molecule is CN1CC(=O)OB(c2ccc(OCc3cccc(Oc4ccc(N)cc4)c3)cc2)OC(=O)C1. The number of benzene rings is 3. The van der Waals surface area contributed by atoms with E-state index in [-0.39, 0.29) is 13.1 Å². The molecule has 0 amide bonds. The summed E-state index contributed by atoms with van der Waals surface area (Å²) in [6.07, 6.45) is 0. The summed E-state index contributed by atoms with van der Waals surface area (Å²) < 4.78 is 22.3. The van der Waals surface area contributed by atoms with E-state index in [1.165, 1.54) is 4.90 Å². The Bertz CT molecular complexity index is 1100. The first-order valence-corrected chi connectivity index (χ1v) is 10.4. The zero-order valence-electron chi connectivity index (χ0n) is 18.1. The summed E-state index contributed by atoms with van der Waals surface area (Å²) in [4.78, 5) is 25.4.